The van der Waals surface area contributed by atoms with Crippen molar-refractivity contribution in [2.75, 3.05) is 6.61 Å². The maximum absolute atomic E-state index is 12.4. The number of carbonyl (C=O) groups is 2. The number of amides is 1. The molecule has 3 aromatic rings. The van der Waals surface area contributed by atoms with E-state index < -0.39 is 21.7 Å². The van der Waals surface area contributed by atoms with Crippen LogP contribution in [0.3, 0.4) is 0 Å². The lowest BCUT2D eigenvalue weighted by molar-refractivity contribution is -0.385. The number of ether oxygens (including phenoxy) is 2. The number of carbonyl (C=O) groups excluding carboxylic acids is 2. The van der Waals surface area contributed by atoms with Crippen LogP contribution in [0.2, 0.25) is 0 Å². The lowest BCUT2D eigenvalue weighted by Crippen LogP contribution is -2.17. The average Bonchev–Trinajstić information content (AvgIpc) is 2.85. The summed E-state index contributed by atoms with van der Waals surface area (Å²) >= 11 is 0. The Hall–Kier alpha value is -5.13. The first-order valence-electron chi connectivity index (χ1n) is 10.1. The fraction of sp³-hybridized carbons (Fsp3) is 0.0870. The van der Waals surface area contributed by atoms with Crippen LogP contribution in [0.15, 0.2) is 71.8 Å². The van der Waals surface area contributed by atoms with E-state index >= 15 is 0 Å². The van der Waals surface area contributed by atoms with Gasteiger partial charge in [-0.15, -0.1) is 0 Å². The molecule has 0 spiro atoms. The van der Waals surface area contributed by atoms with E-state index in [9.17, 15) is 29.8 Å². The van der Waals surface area contributed by atoms with E-state index in [1.807, 2.05) is 0 Å². The fourth-order valence-electron chi connectivity index (χ4n) is 2.83. The third-order valence-corrected chi connectivity index (χ3v) is 4.48. The van der Waals surface area contributed by atoms with Gasteiger partial charge in [0, 0.05) is 29.8 Å². The fourth-order valence-corrected chi connectivity index (χ4v) is 2.83. The van der Waals surface area contributed by atoms with Gasteiger partial charge in [-0.05, 0) is 48.9 Å². The van der Waals surface area contributed by atoms with E-state index in [0.717, 1.165) is 6.07 Å². The van der Waals surface area contributed by atoms with Gasteiger partial charge in [0.05, 0.1) is 28.2 Å². The van der Waals surface area contributed by atoms with Gasteiger partial charge in [0.1, 0.15) is 0 Å². The first kappa shape index (κ1) is 24.5. The van der Waals surface area contributed by atoms with Crippen LogP contribution in [0.1, 0.15) is 33.2 Å². The third kappa shape index (κ3) is 6.44. The Morgan fingerprint density at radius 3 is 2.29 bits per heavy atom. The number of nitrogens with one attached hydrogen (secondary N) is 1. The molecule has 0 bridgehead atoms. The van der Waals surface area contributed by atoms with Gasteiger partial charge in [-0.25, -0.2) is 10.2 Å². The van der Waals surface area contributed by atoms with Gasteiger partial charge < -0.3 is 9.47 Å². The molecule has 12 nitrogen and oxygen atoms in total. The van der Waals surface area contributed by atoms with Crippen LogP contribution in [0.4, 0.5) is 11.4 Å². The largest absolute Gasteiger partial charge is 0.490 e. The Morgan fingerprint density at radius 2 is 1.63 bits per heavy atom. The number of benzene rings is 3. The first-order valence-corrected chi connectivity index (χ1v) is 10.1. The monoisotopic (exact) mass is 478 g/mol. The summed E-state index contributed by atoms with van der Waals surface area (Å²) in [5.41, 5.74) is 2.59. The molecule has 3 rings (SSSR count). The Balaban J connectivity index is 1.70. The first-order chi connectivity index (χ1) is 16.8. The Bertz CT molecular complexity index is 1310. The maximum atomic E-state index is 12.4. The predicted octanol–water partition coefficient (Wildman–Crippen LogP) is 3.88. The zero-order valence-electron chi connectivity index (χ0n) is 18.2. The van der Waals surface area contributed by atoms with Crippen molar-refractivity contribution in [1.82, 2.24) is 5.43 Å². The summed E-state index contributed by atoms with van der Waals surface area (Å²) in [5.74, 6) is -1.01. The molecule has 0 unspecified atom stereocenters. The van der Waals surface area contributed by atoms with Gasteiger partial charge in [0.15, 0.2) is 11.5 Å². The molecule has 178 valence electrons. The van der Waals surface area contributed by atoms with Crippen molar-refractivity contribution in [2.45, 2.75) is 6.92 Å². The molecule has 0 aliphatic heterocycles. The lowest BCUT2D eigenvalue weighted by Gasteiger charge is -2.11. The van der Waals surface area contributed by atoms with Crippen molar-refractivity contribution in [3.63, 3.8) is 0 Å². The minimum atomic E-state index is -0.730. The highest BCUT2D eigenvalue weighted by molar-refractivity contribution is 5.95. The summed E-state index contributed by atoms with van der Waals surface area (Å²) in [6.07, 6.45) is 1.32. The molecule has 0 aliphatic rings. The summed E-state index contributed by atoms with van der Waals surface area (Å²) in [6, 6.07) is 14.7. The molecule has 0 saturated carbocycles. The Labute approximate surface area is 198 Å². The number of hydrogen-bond acceptors (Lipinski definition) is 9. The van der Waals surface area contributed by atoms with Gasteiger partial charge in [-0.2, -0.15) is 5.10 Å². The second-order valence-electron chi connectivity index (χ2n) is 6.84. The van der Waals surface area contributed by atoms with Crippen molar-refractivity contribution in [3.8, 4) is 11.5 Å². The molecule has 0 saturated heterocycles. The quantitative estimate of drug-likeness (QED) is 0.159. The summed E-state index contributed by atoms with van der Waals surface area (Å²) in [7, 11) is 0. The van der Waals surface area contributed by atoms with E-state index in [1.54, 1.807) is 13.0 Å². The van der Waals surface area contributed by atoms with Crippen molar-refractivity contribution < 1.29 is 28.9 Å². The van der Waals surface area contributed by atoms with E-state index in [-0.39, 0.29) is 40.6 Å². The SMILES string of the molecule is CCOc1cc(/C=N/NC(=O)c2cccc([N+](=O)[O-])c2)ccc1OC(=O)c1ccc([N+](=O)[O-])cc1. The lowest BCUT2D eigenvalue weighted by atomic mass is 10.2. The third-order valence-electron chi connectivity index (χ3n) is 4.48. The Morgan fingerprint density at radius 1 is 0.914 bits per heavy atom. The molecule has 1 amide bonds. The van der Waals surface area contributed by atoms with E-state index in [4.69, 9.17) is 9.47 Å². The van der Waals surface area contributed by atoms with Crippen LogP contribution >= 0.6 is 0 Å². The average molecular weight is 478 g/mol. The molecule has 0 radical (unpaired) electrons. The molecule has 12 heteroatoms. The van der Waals surface area contributed by atoms with Gasteiger partial charge in [-0.1, -0.05) is 6.07 Å². The molecule has 0 aromatic heterocycles. The number of nitrogens with zero attached hydrogens (tertiary/aromatic N) is 3. The topological polar surface area (TPSA) is 163 Å². The van der Waals surface area contributed by atoms with E-state index in [1.165, 1.54) is 60.8 Å². The van der Waals surface area contributed by atoms with Crippen LogP contribution < -0.4 is 14.9 Å². The summed E-state index contributed by atoms with van der Waals surface area (Å²) in [6.45, 7) is 2.01. The van der Waals surface area contributed by atoms with Crippen LogP contribution in [-0.4, -0.2) is 34.5 Å². The smallest absolute Gasteiger partial charge is 0.343 e. The van der Waals surface area contributed by atoms with Gasteiger partial charge in [0.2, 0.25) is 0 Å². The number of rotatable bonds is 9. The van der Waals surface area contributed by atoms with Gasteiger partial charge in [0.25, 0.3) is 17.3 Å². The second kappa shape index (κ2) is 11.1. The molecule has 1 N–H and O–H groups in total. The number of esters is 1. The highest BCUT2D eigenvalue weighted by Crippen LogP contribution is 2.29. The van der Waals surface area contributed by atoms with Crippen molar-refractivity contribution in [1.29, 1.82) is 0 Å². The molecule has 3 aromatic carbocycles. The van der Waals surface area contributed by atoms with Crippen molar-refractivity contribution >= 4 is 29.5 Å². The van der Waals surface area contributed by atoms with Gasteiger partial charge in [-0.3, -0.25) is 25.0 Å². The molecular formula is C23H18N4O8. The zero-order valence-corrected chi connectivity index (χ0v) is 18.2. The molecular weight excluding hydrogens is 460 g/mol. The van der Waals surface area contributed by atoms with E-state index in [2.05, 4.69) is 10.5 Å². The summed E-state index contributed by atoms with van der Waals surface area (Å²) in [5, 5.41) is 25.4. The van der Waals surface area contributed by atoms with Crippen LogP contribution in [0.5, 0.6) is 11.5 Å². The normalized spacial score (nSPS) is 10.5. The molecule has 0 aliphatic carbocycles. The second-order valence-corrected chi connectivity index (χ2v) is 6.84. The molecule has 35 heavy (non-hydrogen) atoms. The standard InChI is InChI=1S/C23H18N4O8/c1-2-34-21-12-15(14-24-25-22(28)17-4-3-5-19(13-17)27(32)33)6-11-20(21)35-23(29)16-7-9-18(10-8-16)26(30)31/h3-14H,2H2,1H3,(H,25,28)/b24-14+. The minimum absolute atomic E-state index is 0.0693. The maximum Gasteiger partial charge on any atom is 0.343 e. The van der Waals surface area contributed by atoms with Crippen LogP contribution in [-0.2, 0) is 0 Å². The highest BCUT2D eigenvalue weighted by Gasteiger charge is 2.15. The van der Waals surface area contributed by atoms with E-state index in [0.29, 0.717) is 5.56 Å². The summed E-state index contributed by atoms with van der Waals surface area (Å²) < 4.78 is 10.9. The molecule has 0 heterocycles. The molecule has 0 fully saturated rings. The molecule has 0 atom stereocenters. The number of hydrazone groups is 1. The number of non-ortho nitro benzene ring substituents is 2. The van der Waals surface area contributed by atoms with Crippen LogP contribution in [0, 0.1) is 20.2 Å². The van der Waals surface area contributed by atoms with Crippen molar-refractivity contribution in [3.05, 3.63) is 104 Å². The zero-order chi connectivity index (χ0) is 25.4. The minimum Gasteiger partial charge on any atom is -0.490 e. The summed E-state index contributed by atoms with van der Waals surface area (Å²) in [4.78, 5) is 45.0. The number of nitro groups is 2. The van der Waals surface area contributed by atoms with Crippen molar-refractivity contribution in [2.24, 2.45) is 5.10 Å². The number of nitro benzene ring substituents is 2. The predicted molar refractivity (Wildman–Crippen MR) is 124 cm³/mol. The number of hydrogen-bond donors (Lipinski definition) is 1. The van der Waals surface area contributed by atoms with Crippen LogP contribution in [0.25, 0.3) is 0 Å². The van der Waals surface area contributed by atoms with Gasteiger partial charge >= 0.3 is 5.97 Å². The highest BCUT2D eigenvalue weighted by atomic mass is 16.6. The Kier molecular flexibility index (Phi) is 7.80.